The number of nitrogens with one attached hydrogen (secondary N) is 1. The van der Waals surface area contributed by atoms with Crippen LogP contribution >= 0.6 is 11.9 Å². The topological polar surface area (TPSA) is 111 Å². The minimum absolute atomic E-state index is 0.0478. The van der Waals surface area contributed by atoms with Crippen molar-refractivity contribution in [3.05, 3.63) is 53.9 Å². The second kappa shape index (κ2) is 8.20. The van der Waals surface area contributed by atoms with E-state index < -0.39 is 5.82 Å². The lowest BCUT2D eigenvalue weighted by Gasteiger charge is -2.29. The van der Waals surface area contributed by atoms with Crippen LogP contribution in [0.2, 0.25) is 0 Å². The minimum Gasteiger partial charge on any atom is -0.397 e. The van der Waals surface area contributed by atoms with Gasteiger partial charge >= 0.3 is 0 Å². The van der Waals surface area contributed by atoms with Crippen LogP contribution in [0.15, 0.2) is 36.8 Å². The molecule has 5 N–H and O–H groups in total. The van der Waals surface area contributed by atoms with Crippen molar-refractivity contribution in [2.45, 2.75) is 39.2 Å². The van der Waals surface area contributed by atoms with Gasteiger partial charge in [0.1, 0.15) is 11.7 Å². The molecule has 33 heavy (non-hydrogen) atoms. The number of nitrogens with two attached hydrogens (primary N) is 2. The second-order valence-corrected chi connectivity index (χ2v) is 9.40. The summed E-state index contributed by atoms with van der Waals surface area (Å²) in [7, 11) is 0. The van der Waals surface area contributed by atoms with E-state index in [0.717, 1.165) is 29.1 Å². The van der Waals surface area contributed by atoms with Crippen LogP contribution in [0.3, 0.4) is 0 Å². The molecular weight excluding hydrogens is 439 g/mol. The Morgan fingerprint density at radius 2 is 1.91 bits per heavy atom. The summed E-state index contributed by atoms with van der Waals surface area (Å²) in [4.78, 5) is 8.55. The van der Waals surface area contributed by atoms with Crippen molar-refractivity contribution in [3.63, 3.8) is 0 Å². The first kappa shape index (κ1) is 21.5. The highest BCUT2D eigenvalue weighted by Gasteiger charge is 2.21. The van der Waals surface area contributed by atoms with Crippen LogP contribution in [-0.2, 0) is 12.4 Å². The number of aromatic nitrogens is 4. The highest BCUT2D eigenvalue weighted by molar-refractivity contribution is 7.96. The van der Waals surface area contributed by atoms with E-state index in [1.807, 2.05) is 23.7 Å². The number of anilines is 4. The van der Waals surface area contributed by atoms with E-state index in [-0.39, 0.29) is 5.69 Å². The van der Waals surface area contributed by atoms with Gasteiger partial charge in [0.2, 0.25) is 0 Å². The van der Waals surface area contributed by atoms with E-state index >= 15 is 4.39 Å². The Hall–Kier alpha value is -3.37. The molecule has 0 unspecified atom stereocenters. The largest absolute Gasteiger partial charge is 0.397 e. The van der Waals surface area contributed by atoms with Crippen LogP contribution < -0.4 is 16.8 Å². The van der Waals surface area contributed by atoms with Gasteiger partial charge in [0.25, 0.3) is 0 Å². The fourth-order valence-electron chi connectivity index (χ4n) is 3.93. The summed E-state index contributed by atoms with van der Waals surface area (Å²) in [5.74, 6) is 1.59. The first-order chi connectivity index (χ1) is 15.8. The molecule has 0 aliphatic carbocycles. The molecule has 5 rings (SSSR count). The Morgan fingerprint density at radius 3 is 2.70 bits per heavy atom. The van der Waals surface area contributed by atoms with Crippen LogP contribution in [0.1, 0.15) is 25.1 Å². The number of hydrogen-bond acceptors (Lipinski definition) is 8. The van der Waals surface area contributed by atoms with E-state index in [2.05, 4.69) is 38.5 Å². The predicted molar refractivity (Wildman–Crippen MR) is 132 cm³/mol. The molecule has 0 atom stereocenters. The number of nitrogen functional groups attached to an aromatic ring is 2. The Balaban J connectivity index is 1.50. The molecule has 3 aromatic heterocycles. The molecule has 0 spiro atoms. The lowest BCUT2D eigenvalue weighted by molar-refractivity contribution is 0.362. The van der Waals surface area contributed by atoms with Gasteiger partial charge in [-0.3, -0.25) is 9.67 Å². The highest BCUT2D eigenvalue weighted by Crippen LogP contribution is 2.36. The third-order valence-electron chi connectivity index (χ3n) is 5.90. The van der Waals surface area contributed by atoms with Crippen LogP contribution in [-0.4, -0.2) is 30.1 Å². The molecule has 0 amide bonds. The zero-order valence-corrected chi connectivity index (χ0v) is 19.4. The van der Waals surface area contributed by atoms with E-state index in [1.165, 1.54) is 0 Å². The smallest absolute Gasteiger partial charge is 0.154 e. The molecule has 4 aromatic rings. The van der Waals surface area contributed by atoms with E-state index in [9.17, 15) is 0 Å². The van der Waals surface area contributed by atoms with Gasteiger partial charge in [-0.2, -0.15) is 5.10 Å². The van der Waals surface area contributed by atoms with Crippen molar-refractivity contribution in [2.24, 2.45) is 0 Å². The monoisotopic (exact) mass is 464 g/mol. The third-order valence-corrected chi connectivity index (χ3v) is 7.14. The summed E-state index contributed by atoms with van der Waals surface area (Å²) in [6, 6.07) is 6.09. The number of fused-ring (bicyclic) bond motifs is 2. The maximum atomic E-state index is 15.1. The maximum Gasteiger partial charge on any atom is 0.154 e. The molecule has 0 radical (unpaired) electrons. The van der Waals surface area contributed by atoms with Gasteiger partial charge in [0.15, 0.2) is 11.6 Å². The molecule has 0 fully saturated rings. The van der Waals surface area contributed by atoms with Crippen molar-refractivity contribution in [3.8, 4) is 11.1 Å². The van der Waals surface area contributed by atoms with Gasteiger partial charge in [-0.1, -0.05) is 11.9 Å². The fraction of sp³-hybridized carbons (Fsp3) is 0.261. The number of rotatable bonds is 4. The van der Waals surface area contributed by atoms with Crippen molar-refractivity contribution < 1.29 is 4.39 Å². The fourth-order valence-corrected chi connectivity index (χ4v) is 4.93. The molecular formula is C23H25FN8S. The zero-order valence-electron chi connectivity index (χ0n) is 18.6. The summed E-state index contributed by atoms with van der Waals surface area (Å²) in [5, 5.41) is 9.23. The standard InChI is InChI=1S/C23H25FN8S/c1-12(2)32-10-15-6-21(30-31(15)11-33-32)29-20-5-14-4-16(17-7-27-9-19(25)13(17)3)22(24)23(26)18(14)8-28-20/h4-9,12H,10-11,25-26H2,1-3H3,(H,28,29,30). The van der Waals surface area contributed by atoms with Gasteiger partial charge in [0.05, 0.1) is 29.8 Å². The molecule has 0 bridgehead atoms. The first-order valence-electron chi connectivity index (χ1n) is 10.6. The summed E-state index contributed by atoms with van der Waals surface area (Å²) >= 11 is 1.77. The number of benzene rings is 1. The first-order valence-corrected chi connectivity index (χ1v) is 11.6. The number of nitrogens with zero attached hydrogens (tertiary/aromatic N) is 5. The van der Waals surface area contributed by atoms with Gasteiger partial charge < -0.3 is 16.8 Å². The maximum absolute atomic E-state index is 15.1. The second-order valence-electron chi connectivity index (χ2n) is 8.42. The molecule has 1 aromatic carbocycles. The average Bonchev–Trinajstić information content (AvgIpc) is 3.19. The van der Waals surface area contributed by atoms with Gasteiger partial charge in [-0.15, -0.1) is 0 Å². The number of pyridine rings is 2. The van der Waals surface area contributed by atoms with E-state index in [1.54, 1.807) is 36.6 Å². The molecule has 1 aliphatic rings. The molecule has 10 heteroatoms. The lowest BCUT2D eigenvalue weighted by Crippen LogP contribution is -2.29. The summed E-state index contributed by atoms with van der Waals surface area (Å²) in [6.07, 6.45) is 4.73. The Bertz CT molecular complexity index is 1370. The van der Waals surface area contributed by atoms with Crippen molar-refractivity contribution in [1.29, 1.82) is 0 Å². The number of halogens is 1. The van der Waals surface area contributed by atoms with Crippen LogP contribution in [0.25, 0.3) is 21.9 Å². The van der Waals surface area contributed by atoms with Crippen LogP contribution in [0.4, 0.5) is 27.4 Å². The van der Waals surface area contributed by atoms with E-state index in [0.29, 0.717) is 39.9 Å². The van der Waals surface area contributed by atoms with E-state index in [4.69, 9.17) is 11.5 Å². The molecule has 4 heterocycles. The Morgan fingerprint density at radius 1 is 1.09 bits per heavy atom. The quantitative estimate of drug-likeness (QED) is 0.295. The van der Waals surface area contributed by atoms with Gasteiger partial charge in [-0.25, -0.2) is 13.7 Å². The molecule has 170 valence electrons. The molecule has 8 nitrogen and oxygen atoms in total. The Labute approximate surface area is 195 Å². The lowest BCUT2D eigenvalue weighted by atomic mass is 9.97. The van der Waals surface area contributed by atoms with Crippen molar-refractivity contribution in [1.82, 2.24) is 24.1 Å². The molecule has 0 saturated carbocycles. The molecule has 1 aliphatic heterocycles. The summed E-state index contributed by atoms with van der Waals surface area (Å²) in [5.41, 5.74) is 15.5. The summed E-state index contributed by atoms with van der Waals surface area (Å²) in [6.45, 7) is 7.03. The van der Waals surface area contributed by atoms with Crippen LogP contribution in [0.5, 0.6) is 0 Å². The number of hydrogen-bond donors (Lipinski definition) is 3. The zero-order chi connectivity index (χ0) is 23.3. The third kappa shape index (κ3) is 3.85. The normalized spacial score (nSPS) is 14.1. The Kier molecular flexibility index (Phi) is 5.34. The van der Waals surface area contributed by atoms with Gasteiger partial charge in [-0.05, 0) is 43.9 Å². The predicted octanol–water partition coefficient (Wildman–Crippen LogP) is 4.68. The van der Waals surface area contributed by atoms with Crippen LogP contribution in [0, 0.1) is 12.7 Å². The average molecular weight is 465 g/mol. The van der Waals surface area contributed by atoms with Gasteiger partial charge in [0, 0.05) is 41.0 Å². The summed E-state index contributed by atoms with van der Waals surface area (Å²) < 4.78 is 19.5. The van der Waals surface area contributed by atoms with Crippen molar-refractivity contribution >= 4 is 45.7 Å². The minimum atomic E-state index is -0.505. The SMILES string of the molecule is Cc1c(N)cncc1-c1cc2cc(Nc3cc4n(n3)CSN(C(C)C)C4)ncc2c(N)c1F. The highest BCUT2D eigenvalue weighted by atomic mass is 32.2. The molecule has 0 saturated heterocycles. The van der Waals surface area contributed by atoms with Crippen molar-refractivity contribution in [2.75, 3.05) is 16.8 Å².